The van der Waals surface area contributed by atoms with Crippen LogP contribution in [0.2, 0.25) is 0 Å². The Morgan fingerprint density at radius 2 is 2.06 bits per heavy atom. The molecule has 1 aromatic heterocycles. The molecule has 0 aliphatic carbocycles. The second-order valence-electron chi connectivity index (χ2n) is 3.85. The van der Waals surface area contributed by atoms with E-state index in [0.717, 1.165) is 0 Å². The molecule has 0 unspecified atom stereocenters. The molecule has 0 aromatic carbocycles. The zero-order valence-corrected chi connectivity index (χ0v) is 10.5. The van der Waals surface area contributed by atoms with Gasteiger partial charge in [0.15, 0.2) is 15.6 Å². The van der Waals surface area contributed by atoms with Crippen molar-refractivity contribution in [3.05, 3.63) is 24.0 Å². The minimum Gasteiger partial charge on any atom is -0.352 e. The van der Waals surface area contributed by atoms with Crippen LogP contribution in [0.3, 0.4) is 0 Å². The monoisotopic (exact) mass is 243 g/mol. The summed E-state index contributed by atoms with van der Waals surface area (Å²) in [5, 5.41) is 0. The van der Waals surface area contributed by atoms with Crippen molar-refractivity contribution in [1.29, 1.82) is 0 Å². The number of nitrogens with zero attached hydrogens (tertiary/aromatic N) is 1. The van der Waals surface area contributed by atoms with E-state index in [1.54, 1.807) is 23.0 Å². The lowest BCUT2D eigenvalue weighted by Gasteiger charge is -2.03. The lowest BCUT2D eigenvalue weighted by molar-refractivity contribution is 0.101. The van der Waals surface area contributed by atoms with E-state index < -0.39 is 9.84 Å². The third-order valence-electron chi connectivity index (χ3n) is 2.33. The number of carbonyl (C=O) groups is 1. The van der Waals surface area contributed by atoms with Crippen molar-refractivity contribution in [2.24, 2.45) is 0 Å². The molecule has 0 aliphatic heterocycles. The van der Waals surface area contributed by atoms with E-state index in [-0.39, 0.29) is 17.3 Å². The average Bonchev–Trinajstić information content (AvgIpc) is 2.63. The maximum Gasteiger partial charge on any atom is 0.161 e. The van der Waals surface area contributed by atoms with E-state index in [0.29, 0.717) is 18.5 Å². The molecule has 5 heteroatoms. The highest BCUT2D eigenvalue weighted by Crippen LogP contribution is 2.03. The molecule has 0 fully saturated rings. The number of carbonyl (C=O) groups excluding carboxylic acids is 1. The summed E-state index contributed by atoms with van der Waals surface area (Å²) < 4.78 is 24.7. The molecule has 0 aliphatic rings. The first kappa shape index (κ1) is 13.0. The Kier molecular flexibility index (Phi) is 4.29. The van der Waals surface area contributed by atoms with Gasteiger partial charge >= 0.3 is 0 Å². The van der Waals surface area contributed by atoms with Gasteiger partial charge in [-0.2, -0.15) is 0 Å². The lowest BCUT2D eigenvalue weighted by Crippen LogP contribution is -2.15. The first-order valence-electron chi connectivity index (χ1n) is 5.32. The molecule has 0 saturated heterocycles. The first-order valence-corrected chi connectivity index (χ1v) is 7.14. The van der Waals surface area contributed by atoms with Crippen LogP contribution in [0.4, 0.5) is 0 Å². The zero-order chi connectivity index (χ0) is 12.2. The number of hydrogen-bond acceptors (Lipinski definition) is 3. The molecule has 0 atom stereocenters. The summed E-state index contributed by atoms with van der Waals surface area (Å²) in [4.78, 5) is 11.0. The molecule has 0 spiro atoms. The predicted molar refractivity (Wildman–Crippen MR) is 63.4 cm³/mol. The first-order chi connectivity index (χ1) is 7.44. The van der Waals surface area contributed by atoms with Crippen molar-refractivity contribution in [2.45, 2.75) is 26.8 Å². The maximum atomic E-state index is 11.5. The molecule has 1 rings (SSSR count). The standard InChI is InChI=1S/C11H17NO3S/c1-3-7-16(14,15)8-6-12-5-4-11(9-12)10(2)13/h4-5,9H,3,6-8H2,1-2H3. The maximum absolute atomic E-state index is 11.5. The number of sulfone groups is 1. The normalized spacial score (nSPS) is 11.6. The van der Waals surface area contributed by atoms with Gasteiger partial charge in [0.2, 0.25) is 0 Å². The van der Waals surface area contributed by atoms with E-state index in [9.17, 15) is 13.2 Å². The topological polar surface area (TPSA) is 56.1 Å². The van der Waals surface area contributed by atoms with Crippen molar-refractivity contribution in [2.75, 3.05) is 11.5 Å². The SMILES string of the molecule is CCCS(=O)(=O)CCn1ccc(C(C)=O)c1. The van der Waals surface area contributed by atoms with Crippen molar-refractivity contribution in [1.82, 2.24) is 4.57 Å². The second kappa shape index (κ2) is 5.30. The summed E-state index contributed by atoms with van der Waals surface area (Å²) in [7, 11) is -2.95. The minimum absolute atomic E-state index is 0.00448. The molecule has 90 valence electrons. The van der Waals surface area contributed by atoms with Gasteiger partial charge in [-0.1, -0.05) is 6.92 Å². The van der Waals surface area contributed by atoms with Crippen LogP contribution in [0.5, 0.6) is 0 Å². The minimum atomic E-state index is -2.95. The molecule has 1 heterocycles. The van der Waals surface area contributed by atoms with Gasteiger partial charge < -0.3 is 4.57 Å². The molecular weight excluding hydrogens is 226 g/mol. The summed E-state index contributed by atoms with van der Waals surface area (Å²) >= 11 is 0. The van der Waals surface area contributed by atoms with E-state index in [2.05, 4.69) is 0 Å². The third kappa shape index (κ3) is 3.81. The van der Waals surface area contributed by atoms with Crippen molar-refractivity contribution < 1.29 is 13.2 Å². The van der Waals surface area contributed by atoms with Crippen LogP contribution in [-0.2, 0) is 16.4 Å². The number of aromatic nitrogens is 1. The Morgan fingerprint density at radius 3 is 2.56 bits per heavy atom. The number of hydrogen-bond donors (Lipinski definition) is 0. The van der Waals surface area contributed by atoms with Crippen molar-refractivity contribution in [3.8, 4) is 0 Å². The van der Waals surface area contributed by atoms with Crippen molar-refractivity contribution in [3.63, 3.8) is 0 Å². The highest BCUT2D eigenvalue weighted by Gasteiger charge is 2.09. The summed E-state index contributed by atoms with van der Waals surface area (Å²) in [6.45, 7) is 3.75. The summed E-state index contributed by atoms with van der Waals surface area (Å²) in [6, 6.07) is 1.70. The van der Waals surface area contributed by atoms with Gasteiger partial charge in [-0.3, -0.25) is 4.79 Å². The smallest absolute Gasteiger partial charge is 0.161 e. The molecule has 16 heavy (non-hydrogen) atoms. The van der Waals surface area contributed by atoms with Crippen LogP contribution in [-0.4, -0.2) is 30.3 Å². The summed E-state index contributed by atoms with van der Waals surface area (Å²) in [6.07, 6.45) is 4.06. The Hall–Kier alpha value is -1.10. The summed E-state index contributed by atoms with van der Waals surface area (Å²) in [5.41, 5.74) is 0.618. The van der Waals surface area contributed by atoms with Crippen LogP contribution in [0, 0.1) is 0 Å². The van der Waals surface area contributed by atoms with Crippen LogP contribution >= 0.6 is 0 Å². The molecule has 0 bridgehead atoms. The zero-order valence-electron chi connectivity index (χ0n) is 9.64. The van der Waals surface area contributed by atoms with Crippen LogP contribution < -0.4 is 0 Å². The molecule has 0 N–H and O–H groups in total. The fourth-order valence-electron chi connectivity index (χ4n) is 1.45. The van der Waals surface area contributed by atoms with Crippen LogP contribution in [0.15, 0.2) is 18.5 Å². The predicted octanol–water partition coefficient (Wildman–Crippen LogP) is 1.52. The van der Waals surface area contributed by atoms with Gasteiger partial charge in [0.05, 0.1) is 5.75 Å². The number of Topliss-reactive ketones (excluding diaryl/α,β-unsaturated/α-hetero) is 1. The van der Waals surface area contributed by atoms with Gasteiger partial charge in [0.25, 0.3) is 0 Å². The van der Waals surface area contributed by atoms with E-state index >= 15 is 0 Å². The second-order valence-corrected chi connectivity index (χ2v) is 6.15. The molecule has 0 radical (unpaired) electrons. The molecular formula is C11H17NO3S. The van der Waals surface area contributed by atoms with E-state index in [1.807, 2.05) is 6.92 Å². The molecule has 4 nitrogen and oxygen atoms in total. The lowest BCUT2D eigenvalue weighted by atomic mass is 10.2. The van der Waals surface area contributed by atoms with Crippen molar-refractivity contribution >= 4 is 15.6 Å². The number of ketones is 1. The summed E-state index contributed by atoms with van der Waals surface area (Å²) in [5.74, 6) is 0.357. The van der Waals surface area contributed by atoms with Gasteiger partial charge in [0, 0.05) is 30.3 Å². The molecule has 1 aromatic rings. The largest absolute Gasteiger partial charge is 0.352 e. The quantitative estimate of drug-likeness (QED) is 0.712. The molecule has 0 amide bonds. The van der Waals surface area contributed by atoms with Gasteiger partial charge in [-0.15, -0.1) is 0 Å². The van der Waals surface area contributed by atoms with Gasteiger partial charge in [0.1, 0.15) is 0 Å². The fourth-order valence-corrected chi connectivity index (χ4v) is 2.76. The Bertz CT molecular complexity index is 459. The fraction of sp³-hybridized carbons (Fsp3) is 0.545. The highest BCUT2D eigenvalue weighted by atomic mass is 32.2. The van der Waals surface area contributed by atoms with E-state index in [1.165, 1.54) is 6.92 Å². The van der Waals surface area contributed by atoms with Crippen LogP contribution in [0.1, 0.15) is 30.6 Å². The van der Waals surface area contributed by atoms with Gasteiger partial charge in [-0.05, 0) is 19.4 Å². The number of rotatable bonds is 6. The number of aryl methyl sites for hydroxylation is 1. The molecule has 0 saturated carbocycles. The Labute approximate surface area is 96.2 Å². The van der Waals surface area contributed by atoms with Crippen LogP contribution in [0.25, 0.3) is 0 Å². The van der Waals surface area contributed by atoms with E-state index in [4.69, 9.17) is 0 Å². The Balaban J connectivity index is 2.58. The Morgan fingerprint density at radius 1 is 1.38 bits per heavy atom. The third-order valence-corrected chi connectivity index (χ3v) is 4.17. The average molecular weight is 243 g/mol. The van der Waals surface area contributed by atoms with Gasteiger partial charge in [-0.25, -0.2) is 8.42 Å². The highest BCUT2D eigenvalue weighted by molar-refractivity contribution is 7.91.